The van der Waals surface area contributed by atoms with Crippen molar-refractivity contribution in [2.45, 2.75) is 6.92 Å². The van der Waals surface area contributed by atoms with Gasteiger partial charge in [0.15, 0.2) is 0 Å². The zero-order valence-electron chi connectivity index (χ0n) is 13.3. The molecule has 0 aliphatic heterocycles. The van der Waals surface area contributed by atoms with Gasteiger partial charge in [-0.3, -0.25) is 14.8 Å². The van der Waals surface area contributed by atoms with Crippen molar-refractivity contribution in [2.24, 2.45) is 0 Å². The molecule has 0 radical (unpaired) electrons. The van der Waals surface area contributed by atoms with Crippen molar-refractivity contribution < 1.29 is 14.3 Å². The molecule has 3 rings (SSSR count). The first-order valence-corrected chi connectivity index (χ1v) is 8.36. The second-order valence-corrected chi connectivity index (χ2v) is 5.74. The van der Waals surface area contributed by atoms with Gasteiger partial charge in [0.25, 0.3) is 5.91 Å². The number of esters is 1. The summed E-state index contributed by atoms with van der Waals surface area (Å²) in [5.74, 6) is -0.733. The van der Waals surface area contributed by atoms with Crippen LogP contribution < -0.4 is 5.32 Å². The van der Waals surface area contributed by atoms with E-state index in [2.05, 4.69) is 20.3 Å². The molecule has 3 aromatic rings. The maximum absolute atomic E-state index is 12.3. The molecule has 0 unspecified atom stereocenters. The second kappa shape index (κ2) is 7.63. The number of hydrogen-bond donors (Lipinski definition) is 1. The van der Waals surface area contributed by atoms with Crippen LogP contribution in [0.2, 0.25) is 0 Å². The fraction of sp³-hybridized carbons (Fsp3) is 0.118. The number of benzene rings is 1. The number of carbonyl (C=O) groups excluding carboxylic acids is 2. The van der Waals surface area contributed by atoms with Crippen LogP contribution in [0.15, 0.2) is 48.2 Å². The van der Waals surface area contributed by atoms with Crippen molar-refractivity contribution in [2.75, 3.05) is 11.9 Å². The fourth-order valence-corrected chi connectivity index (χ4v) is 2.76. The summed E-state index contributed by atoms with van der Waals surface area (Å²) >= 11 is 1.32. The molecule has 2 aromatic heterocycles. The second-order valence-electron chi connectivity index (χ2n) is 4.88. The standard InChI is InChI=1S/C17H14N4O3S/c1-2-24-17(23)11-3-5-12(6-4-11)20-15(22)14-10-25-16(21-14)13-9-18-7-8-19-13/h3-10H,2H2,1H3,(H,20,22). The van der Waals surface area contributed by atoms with E-state index in [-0.39, 0.29) is 5.91 Å². The van der Waals surface area contributed by atoms with Crippen LogP contribution in [0.25, 0.3) is 10.7 Å². The number of ether oxygens (including phenoxy) is 1. The number of rotatable bonds is 5. The lowest BCUT2D eigenvalue weighted by Crippen LogP contribution is -2.12. The van der Waals surface area contributed by atoms with E-state index in [4.69, 9.17) is 4.74 Å². The minimum atomic E-state index is -0.395. The SMILES string of the molecule is CCOC(=O)c1ccc(NC(=O)c2csc(-c3cnccn3)n2)cc1. The van der Waals surface area contributed by atoms with E-state index in [9.17, 15) is 9.59 Å². The van der Waals surface area contributed by atoms with E-state index >= 15 is 0 Å². The quantitative estimate of drug-likeness (QED) is 0.708. The molecule has 1 aromatic carbocycles. The summed E-state index contributed by atoms with van der Waals surface area (Å²) in [6.07, 6.45) is 4.74. The Labute approximate surface area is 147 Å². The molecule has 8 heteroatoms. The normalized spacial score (nSPS) is 10.3. The van der Waals surface area contributed by atoms with Gasteiger partial charge in [-0.1, -0.05) is 0 Å². The number of thiazole rings is 1. The predicted molar refractivity (Wildman–Crippen MR) is 93.5 cm³/mol. The Morgan fingerprint density at radius 3 is 2.68 bits per heavy atom. The van der Waals surface area contributed by atoms with E-state index in [0.717, 1.165) is 0 Å². The third-order valence-electron chi connectivity index (χ3n) is 3.17. The number of nitrogens with zero attached hydrogens (tertiary/aromatic N) is 3. The minimum absolute atomic E-state index is 0.292. The van der Waals surface area contributed by atoms with Crippen molar-refractivity contribution in [1.29, 1.82) is 0 Å². The fourth-order valence-electron chi connectivity index (χ4n) is 2.00. The van der Waals surface area contributed by atoms with E-state index in [1.165, 1.54) is 11.3 Å². The largest absolute Gasteiger partial charge is 0.462 e. The molecular formula is C17H14N4O3S. The van der Waals surface area contributed by atoms with Crippen LogP contribution in [0.3, 0.4) is 0 Å². The van der Waals surface area contributed by atoms with Gasteiger partial charge in [0, 0.05) is 23.5 Å². The Hall–Kier alpha value is -3.13. The summed E-state index contributed by atoms with van der Waals surface area (Å²) in [6.45, 7) is 2.06. The lowest BCUT2D eigenvalue weighted by molar-refractivity contribution is 0.0526. The van der Waals surface area contributed by atoms with Crippen LogP contribution in [0.5, 0.6) is 0 Å². The highest BCUT2D eigenvalue weighted by atomic mass is 32.1. The highest BCUT2D eigenvalue weighted by Crippen LogP contribution is 2.21. The average molecular weight is 354 g/mol. The van der Waals surface area contributed by atoms with Crippen molar-refractivity contribution >= 4 is 28.9 Å². The maximum atomic E-state index is 12.3. The predicted octanol–water partition coefficient (Wildman–Crippen LogP) is 3.03. The van der Waals surface area contributed by atoms with E-state index in [0.29, 0.717) is 34.3 Å². The van der Waals surface area contributed by atoms with Gasteiger partial charge in [0.2, 0.25) is 0 Å². The topological polar surface area (TPSA) is 94.1 Å². The number of carbonyl (C=O) groups is 2. The molecule has 1 N–H and O–H groups in total. The molecule has 1 amide bonds. The van der Waals surface area contributed by atoms with Crippen molar-refractivity contribution in [3.05, 3.63) is 59.5 Å². The number of nitrogens with one attached hydrogen (secondary N) is 1. The van der Waals surface area contributed by atoms with Crippen molar-refractivity contribution in [3.8, 4) is 10.7 Å². The van der Waals surface area contributed by atoms with E-state index in [1.807, 2.05) is 0 Å². The lowest BCUT2D eigenvalue weighted by Gasteiger charge is -2.05. The zero-order valence-corrected chi connectivity index (χ0v) is 14.1. The molecule has 25 heavy (non-hydrogen) atoms. The van der Waals surface area contributed by atoms with Crippen LogP contribution in [-0.4, -0.2) is 33.4 Å². The lowest BCUT2D eigenvalue weighted by atomic mass is 10.2. The number of aromatic nitrogens is 3. The summed E-state index contributed by atoms with van der Waals surface area (Å²) < 4.78 is 4.92. The molecule has 0 aliphatic carbocycles. The third kappa shape index (κ3) is 4.04. The molecule has 7 nitrogen and oxygen atoms in total. The Morgan fingerprint density at radius 2 is 2.00 bits per heavy atom. The number of hydrogen-bond acceptors (Lipinski definition) is 7. The molecule has 0 saturated carbocycles. The Kier molecular flexibility index (Phi) is 5.10. The first kappa shape index (κ1) is 16.7. The molecule has 0 aliphatic rings. The minimum Gasteiger partial charge on any atom is -0.462 e. The summed E-state index contributed by atoms with van der Waals surface area (Å²) in [5.41, 5.74) is 1.90. The molecule has 0 bridgehead atoms. The van der Waals surface area contributed by atoms with Gasteiger partial charge in [-0.2, -0.15) is 0 Å². The van der Waals surface area contributed by atoms with Crippen LogP contribution >= 0.6 is 11.3 Å². The van der Waals surface area contributed by atoms with Crippen LogP contribution in [0, 0.1) is 0 Å². The molecule has 0 fully saturated rings. The van der Waals surface area contributed by atoms with Crippen LogP contribution in [-0.2, 0) is 4.74 Å². The number of amides is 1. The van der Waals surface area contributed by atoms with Crippen LogP contribution in [0.1, 0.15) is 27.8 Å². The van der Waals surface area contributed by atoms with E-state index in [1.54, 1.807) is 55.2 Å². The summed E-state index contributed by atoms with van der Waals surface area (Å²) in [7, 11) is 0. The highest BCUT2D eigenvalue weighted by molar-refractivity contribution is 7.13. The van der Waals surface area contributed by atoms with Crippen molar-refractivity contribution in [1.82, 2.24) is 15.0 Å². The Bertz CT molecular complexity index is 878. The molecule has 0 spiro atoms. The molecule has 0 atom stereocenters. The highest BCUT2D eigenvalue weighted by Gasteiger charge is 2.13. The first-order valence-electron chi connectivity index (χ1n) is 7.48. The molecule has 126 valence electrons. The summed E-state index contributed by atoms with van der Waals surface area (Å²) in [5, 5.41) is 5.02. The Morgan fingerprint density at radius 1 is 1.20 bits per heavy atom. The Balaban J connectivity index is 1.68. The van der Waals surface area contributed by atoms with Gasteiger partial charge in [-0.05, 0) is 31.2 Å². The molecule has 0 saturated heterocycles. The molecular weight excluding hydrogens is 340 g/mol. The number of anilines is 1. The monoisotopic (exact) mass is 354 g/mol. The van der Waals surface area contributed by atoms with Crippen LogP contribution in [0.4, 0.5) is 5.69 Å². The van der Waals surface area contributed by atoms with Gasteiger partial charge < -0.3 is 10.1 Å². The van der Waals surface area contributed by atoms with Crippen molar-refractivity contribution in [3.63, 3.8) is 0 Å². The summed E-state index contributed by atoms with van der Waals surface area (Å²) in [4.78, 5) is 36.3. The zero-order chi connectivity index (χ0) is 17.6. The summed E-state index contributed by atoms with van der Waals surface area (Å²) in [6, 6.07) is 6.47. The first-order chi connectivity index (χ1) is 12.2. The average Bonchev–Trinajstić information content (AvgIpc) is 3.13. The van der Waals surface area contributed by atoms with Gasteiger partial charge in [-0.25, -0.2) is 9.78 Å². The van der Waals surface area contributed by atoms with Gasteiger partial charge in [0.1, 0.15) is 16.4 Å². The van der Waals surface area contributed by atoms with Gasteiger partial charge in [0.05, 0.1) is 18.4 Å². The third-order valence-corrected chi connectivity index (χ3v) is 4.04. The molecule has 2 heterocycles. The van der Waals surface area contributed by atoms with Gasteiger partial charge >= 0.3 is 5.97 Å². The maximum Gasteiger partial charge on any atom is 0.338 e. The smallest absolute Gasteiger partial charge is 0.338 e. The van der Waals surface area contributed by atoms with Gasteiger partial charge in [-0.15, -0.1) is 11.3 Å². The van der Waals surface area contributed by atoms with E-state index < -0.39 is 5.97 Å².